The molecule has 0 radical (unpaired) electrons. The van der Waals surface area contributed by atoms with Crippen LogP contribution in [0.3, 0.4) is 0 Å². The number of amides is 1. The average Bonchev–Trinajstić information content (AvgIpc) is 3.72. The third-order valence-corrected chi connectivity index (χ3v) is 9.12. The normalized spacial score (nSPS) is 19.1. The monoisotopic (exact) mass is 498 g/mol. The number of ether oxygens (including phenoxy) is 2. The summed E-state index contributed by atoms with van der Waals surface area (Å²) >= 11 is 0. The first-order valence-electron chi connectivity index (χ1n) is 12.6. The molecule has 3 aliphatic rings. The van der Waals surface area contributed by atoms with Crippen LogP contribution in [0.25, 0.3) is 0 Å². The molecule has 2 aromatic carbocycles. The van der Waals surface area contributed by atoms with Crippen molar-refractivity contribution in [3.8, 4) is 11.5 Å². The van der Waals surface area contributed by atoms with Gasteiger partial charge in [0.05, 0.1) is 4.90 Å². The Kier molecular flexibility index (Phi) is 6.77. The van der Waals surface area contributed by atoms with Gasteiger partial charge in [-0.15, -0.1) is 0 Å². The van der Waals surface area contributed by atoms with Gasteiger partial charge in [0.1, 0.15) is 13.2 Å². The van der Waals surface area contributed by atoms with E-state index in [0.717, 1.165) is 18.4 Å². The molecule has 1 saturated heterocycles. The first kappa shape index (κ1) is 24.1. The number of fused-ring (bicyclic) bond motifs is 1. The second-order valence-electron chi connectivity index (χ2n) is 10.1. The summed E-state index contributed by atoms with van der Waals surface area (Å²) in [6.45, 7) is 6.52. The van der Waals surface area contributed by atoms with Crippen LogP contribution in [0.5, 0.6) is 11.5 Å². The molecule has 1 aliphatic carbocycles. The minimum absolute atomic E-state index is 0.141. The Labute approximate surface area is 208 Å². The molecule has 0 N–H and O–H groups in total. The zero-order valence-corrected chi connectivity index (χ0v) is 21.3. The van der Waals surface area contributed by atoms with Crippen molar-refractivity contribution in [3.05, 3.63) is 53.6 Å². The van der Waals surface area contributed by atoms with Gasteiger partial charge in [0, 0.05) is 37.7 Å². The van der Waals surface area contributed by atoms with Crippen LogP contribution in [0.15, 0.2) is 47.4 Å². The molecular weight excluding hydrogens is 464 g/mol. The molecule has 7 nitrogen and oxygen atoms in total. The largest absolute Gasteiger partial charge is 0.486 e. The number of carbonyl (C=O) groups excluding carboxylic acids is 1. The van der Waals surface area contributed by atoms with Crippen LogP contribution in [-0.4, -0.2) is 55.9 Å². The van der Waals surface area contributed by atoms with Crippen LogP contribution in [0.1, 0.15) is 56.6 Å². The minimum Gasteiger partial charge on any atom is -0.486 e. The van der Waals surface area contributed by atoms with Gasteiger partial charge in [0.25, 0.3) is 0 Å². The molecule has 188 valence electrons. The van der Waals surface area contributed by atoms with Gasteiger partial charge in [0.2, 0.25) is 15.9 Å². The molecule has 8 heteroatoms. The SMILES string of the molecule is CC(C)c1ccc(CN(C(=O)C2CCN(S(=O)(=O)c3ccc4c(c3)OCCO4)CC2)C2CC2)cc1. The van der Waals surface area contributed by atoms with Crippen LogP contribution in [0.2, 0.25) is 0 Å². The Balaban J connectivity index is 1.23. The summed E-state index contributed by atoms with van der Waals surface area (Å²) in [6.07, 6.45) is 3.18. The van der Waals surface area contributed by atoms with Crippen LogP contribution >= 0.6 is 0 Å². The molecule has 0 bridgehead atoms. The zero-order chi connectivity index (χ0) is 24.6. The van der Waals surface area contributed by atoms with Gasteiger partial charge in [-0.05, 0) is 54.9 Å². The Bertz CT molecular complexity index is 1170. The van der Waals surface area contributed by atoms with E-state index in [2.05, 4.69) is 38.1 Å². The maximum absolute atomic E-state index is 13.5. The predicted molar refractivity (Wildman–Crippen MR) is 133 cm³/mol. The molecule has 2 aliphatic heterocycles. The summed E-state index contributed by atoms with van der Waals surface area (Å²) in [5.74, 6) is 1.53. The summed E-state index contributed by atoms with van der Waals surface area (Å²) < 4.78 is 39.1. The number of benzene rings is 2. The van der Waals surface area contributed by atoms with Crippen molar-refractivity contribution >= 4 is 15.9 Å². The highest BCUT2D eigenvalue weighted by Crippen LogP contribution is 2.35. The summed E-state index contributed by atoms with van der Waals surface area (Å²) in [6, 6.07) is 13.6. The second-order valence-corrected chi connectivity index (χ2v) is 12.0. The lowest BCUT2D eigenvalue weighted by Crippen LogP contribution is -2.44. The maximum atomic E-state index is 13.5. The van der Waals surface area contributed by atoms with Crippen molar-refractivity contribution in [2.45, 2.75) is 62.9 Å². The molecular formula is C27H34N2O5S. The van der Waals surface area contributed by atoms with E-state index in [1.54, 1.807) is 18.2 Å². The quantitative estimate of drug-likeness (QED) is 0.573. The molecule has 0 spiro atoms. The molecule has 1 saturated carbocycles. The Morgan fingerprint density at radius 2 is 1.63 bits per heavy atom. The predicted octanol–water partition coefficient (Wildman–Crippen LogP) is 4.17. The summed E-state index contributed by atoms with van der Waals surface area (Å²) in [7, 11) is -3.66. The van der Waals surface area contributed by atoms with Crippen molar-refractivity contribution in [3.63, 3.8) is 0 Å². The fourth-order valence-corrected chi connectivity index (χ4v) is 6.37. The first-order valence-corrected chi connectivity index (χ1v) is 14.1. The molecule has 2 aromatic rings. The molecule has 2 fully saturated rings. The third-order valence-electron chi connectivity index (χ3n) is 7.22. The smallest absolute Gasteiger partial charge is 0.243 e. The molecule has 35 heavy (non-hydrogen) atoms. The summed E-state index contributed by atoms with van der Waals surface area (Å²) in [5, 5.41) is 0. The lowest BCUT2D eigenvalue weighted by atomic mass is 9.96. The van der Waals surface area contributed by atoms with Gasteiger partial charge in [-0.1, -0.05) is 38.1 Å². The van der Waals surface area contributed by atoms with E-state index in [1.165, 1.54) is 9.87 Å². The highest BCUT2D eigenvalue weighted by Gasteiger charge is 2.39. The van der Waals surface area contributed by atoms with Gasteiger partial charge in [0.15, 0.2) is 11.5 Å². The molecule has 0 atom stereocenters. The Morgan fingerprint density at radius 3 is 2.26 bits per heavy atom. The lowest BCUT2D eigenvalue weighted by molar-refractivity contribution is -0.138. The molecule has 5 rings (SSSR count). The van der Waals surface area contributed by atoms with Crippen LogP contribution in [0.4, 0.5) is 0 Å². The van der Waals surface area contributed by atoms with E-state index in [4.69, 9.17) is 9.47 Å². The van der Waals surface area contributed by atoms with Gasteiger partial charge in [-0.2, -0.15) is 4.31 Å². The second kappa shape index (κ2) is 9.82. The molecule has 0 aromatic heterocycles. The summed E-state index contributed by atoms with van der Waals surface area (Å²) in [4.78, 5) is 15.7. The number of carbonyl (C=O) groups is 1. The highest BCUT2D eigenvalue weighted by atomic mass is 32.2. The number of rotatable bonds is 7. The van der Waals surface area contributed by atoms with E-state index >= 15 is 0 Å². The van der Waals surface area contributed by atoms with Gasteiger partial charge in [-0.3, -0.25) is 4.79 Å². The fraction of sp³-hybridized carbons (Fsp3) is 0.519. The van der Waals surface area contributed by atoms with Crippen molar-refractivity contribution in [1.29, 1.82) is 0 Å². The average molecular weight is 499 g/mol. The van der Waals surface area contributed by atoms with Crippen LogP contribution in [0, 0.1) is 5.92 Å². The number of nitrogens with zero attached hydrogens (tertiary/aromatic N) is 2. The number of hydrogen-bond donors (Lipinski definition) is 0. The fourth-order valence-electron chi connectivity index (χ4n) is 4.89. The number of sulfonamides is 1. The van der Waals surface area contributed by atoms with Gasteiger partial charge >= 0.3 is 0 Å². The van der Waals surface area contributed by atoms with Gasteiger partial charge in [-0.25, -0.2) is 8.42 Å². The molecule has 0 unspecified atom stereocenters. The van der Waals surface area contributed by atoms with E-state index in [-0.39, 0.29) is 16.7 Å². The van der Waals surface area contributed by atoms with E-state index < -0.39 is 10.0 Å². The van der Waals surface area contributed by atoms with E-state index in [0.29, 0.717) is 69.1 Å². The Morgan fingerprint density at radius 1 is 0.971 bits per heavy atom. The zero-order valence-electron chi connectivity index (χ0n) is 20.5. The van der Waals surface area contributed by atoms with E-state index in [1.807, 2.05) is 4.90 Å². The van der Waals surface area contributed by atoms with E-state index in [9.17, 15) is 13.2 Å². The van der Waals surface area contributed by atoms with Crippen molar-refractivity contribution in [2.24, 2.45) is 5.92 Å². The maximum Gasteiger partial charge on any atom is 0.243 e. The van der Waals surface area contributed by atoms with Crippen molar-refractivity contribution in [1.82, 2.24) is 9.21 Å². The van der Waals surface area contributed by atoms with Crippen molar-refractivity contribution in [2.75, 3.05) is 26.3 Å². The minimum atomic E-state index is -3.66. The summed E-state index contributed by atoms with van der Waals surface area (Å²) in [5.41, 5.74) is 2.44. The topological polar surface area (TPSA) is 76.2 Å². The van der Waals surface area contributed by atoms with Gasteiger partial charge < -0.3 is 14.4 Å². The standard InChI is InChI=1S/C27H34N2O5S/c1-19(2)21-5-3-20(4-6-21)18-29(23-7-8-23)27(30)22-11-13-28(14-12-22)35(31,32)24-9-10-25-26(17-24)34-16-15-33-25/h3-6,9-10,17,19,22-23H,7-8,11-16,18H2,1-2H3. The van der Waals surface area contributed by atoms with Crippen molar-refractivity contribution < 1.29 is 22.7 Å². The van der Waals surface area contributed by atoms with Crippen LogP contribution < -0.4 is 9.47 Å². The number of piperidine rings is 1. The van der Waals surface area contributed by atoms with Crippen LogP contribution in [-0.2, 0) is 21.4 Å². The highest BCUT2D eigenvalue weighted by molar-refractivity contribution is 7.89. The first-order chi connectivity index (χ1) is 16.8. The molecule has 1 amide bonds. The number of hydrogen-bond acceptors (Lipinski definition) is 5. The Hall–Kier alpha value is -2.58. The lowest BCUT2D eigenvalue weighted by Gasteiger charge is -2.34. The molecule has 2 heterocycles. The third kappa shape index (κ3) is 5.19.